The minimum Gasteiger partial charge on any atom is -0.377 e. The molecule has 0 spiro atoms. The molecule has 0 saturated heterocycles. The molecular weight excluding hydrogens is 156 g/mol. The van der Waals surface area contributed by atoms with Gasteiger partial charge in [-0.1, -0.05) is 0 Å². The van der Waals surface area contributed by atoms with E-state index in [1.807, 2.05) is 6.92 Å². The standard InChI is InChI=1S/C7H12N4O/c1-5-3-6(11-8)10-7(9-5)4-12-2/h3H,4,8H2,1-2H3,(H,9,10,11). The first-order valence-corrected chi connectivity index (χ1v) is 3.56. The fourth-order valence-electron chi connectivity index (χ4n) is 0.898. The van der Waals surface area contributed by atoms with Gasteiger partial charge < -0.3 is 10.2 Å². The van der Waals surface area contributed by atoms with Crippen LogP contribution in [0.5, 0.6) is 0 Å². The van der Waals surface area contributed by atoms with Crippen molar-refractivity contribution in [2.75, 3.05) is 12.5 Å². The van der Waals surface area contributed by atoms with Crippen molar-refractivity contribution in [3.63, 3.8) is 0 Å². The average molecular weight is 168 g/mol. The number of methoxy groups -OCH3 is 1. The van der Waals surface area contributed by atoms with Gasteiger partial charge in [-0.25, -0.2) is 15.8 Å². The summed E-state index contributed by atoms with van der Waals surface area (Å²) in [6.45, 7) is 2.28. The van der Waals surface area contributed by atoms with Crippen LogP contribution in [0.2, 0.25) is 0 Å². The Morgan fingerprint density at radius 1 is 1.58 bits per heavy atom. The molecular formula is C7H12N4O. The van der Waals surface area contributed by atoms with Crippen LogP contribution in [-0.4, -0.2) is 17.1 Å². The minimum atomic E-state index is 0.399. The highest BCUT2D eigenvalue weighted by molar-refractivity contribution is 5.33. The van der Waals surface area contributed by atoms with Crippen molar-refractivity contribution in [1.82, 2.24) is 9.97 Å². The number of nitrogens with two attached hydrogens (primary N) is 1. The molecule has 0 atom stereocenters. The summed E-state index contributed by atoms with van der Waals surface area (Å²) in [4.78, 5) is 8.21. The fraction of sp³-hybridized carbons (Fsp3) is 0.429. The van der Waals surface area contributed by atoms with Crippen LogP contribution in [0.25, 0.3) is 0 Å². The number of hydrogen-bond donors (Lipinski definition) is 2. The smallest absolute Gasteiger partial charge is 0.156 e. The number of ether oxygens (including phenoxy) is 1. The SMILES string of the molecule is COCc1nc(C)cc(NN)n1. The number of nitrogens with zero attached hydrogens (tertiary/aromatic N) is 2. The summed E-state index contributed by atoms with van der Waals surface area (Å²) in [6, 6.07) is 1.76. The molecule has 0 saturated carbocycles. The van der Waals surface area contributed by atoms with Gasteiger partial charge in [0.1, 0.15) is 12.4 Å². The van der Waals surface area contributed by atoms with E-state index in [1.54, 1.807) is 13.2 Å². The number of hydrazine groups is 1. The van der Waals surface area contributed by atoms with Crippen LogP contribution in [0.3, 0.4) is 0 Å². The molecule has 12 heavy (non-hydrogen) atoms. The second-order valence-corrected chi connectivity index (χ2v) is 2.39. The van der Waals surface area contributed by atoms with Crippen molar-refractivity contribution in [3.8, 4) is 0 Å². The number of nitrogen functional groups attached to an aromatic ring is 1. The molecule has 0 aliphatic heterocycles. The Morgan fingerprint density at radius 3 is 2.92 bits per heavy atom. The normalized spacial score (nSPS) is 9.92. The maximum atomic E-state index is 5.20. The lowest BCUT2D eigenvalue weighted by atomic mass is 10.4. The highest BCUT2D eigenvalue weighted by Gasteiger charge is 1.99. The lowest BCUT2D eigenvalue weighted by Crippen LogP contribution is -2.11. The quantitative estimate of drug-likeness (QED) is 0.499. The van der Waals surface area contributed by atoms with Gasteiger partial charge in [-0.05, 0) is 6.92 Å². The summed E-state index contributed by atoms with van der Waals surface area (Å²) in [5.74, 6) is 6.44. The Labute approximate surface area is 70.9 Å². The first-order valence-electron chi connectivity index (χ1n) is 3.56. The maximum Gasteiger partial charge on any atom is 0.156 e. The molecule has 0 aliphatic carbocycles. The molecule has 1 heterocycles. The van der Waals surface area contributed by atoms with Crippen LogP contribution in [0.15, 0.2) is 6.07 Å². The van der Waals surface area contributed by atoms with E-state index in [1.165, 1.54) is 0 Å². The predicted molar refractivity (Wildman–Crippen MR) is 45.3 cm³/mol. The van der Waals surface area contributed by atoms with Crippen molar-refractivity contribution in [1.29, 1.82) is 0 Å². The van der Waals surface area contributed by atoms with Gasteiger partial charge in [-0.2, -0.15) is 0 Å². The molecule has 0 aliphatic rings. The average Bonchev–Trinajstić information content (AvgIpc) is 2.04. The lowest BCUT2D eigenvalue weighted by Gasteiger charge is -2.03. The van der Waals surface area contributed by atoms with Gasteiger partial charge in [-0.15, -0.1) is 0 Å². The van der Waals surface area contributed by atoms with Crippen molar-refractivity contribution >= 4 is 5.82 Å². The van der Waals surface area contributed by atoms with Crippen molar-refractivity contribution in [3.05, 3.63) is 17.6 Å². The zero-order chi connectivity index (χ0) is 8.97. The second-order valence-electron chi connectivity index (χ2n) is 2.39. The van der Waals surface area contributed by atoms with Gasteiger partial charge in [0.25, 0.3) is 0 Å². The van der Waals surface area contributed by atoms with E-state index in [0.29, 0.717) is 18.2 Å². The van der Waals surface area contributed by atoms with E-state index < -0.39 is 0 Å². The summed E-state index contributed by atoms with van der Waals surface area (Å²) in [5.41, 5.74) is 3.33. The van der Waals surface area contributed by atoms with Gasteiger partial charge in [-0.3, -0.25) is 0 Å². The third kappa shape index (κ3) is 2.14. The van der Waals surface area contributed by atoms with Crippen LogP contribution in [0.4, 0.5) is 5.82 Å². The summed E-state index contributed by atoms with van der Waals surface area (Å²) in [5, 5.41) is 0. The highest BCUT2D eigenvalue weighted by Crippen LogP contribution is 2.04. The molecule has 0 unspecified atom stereocenters. The highest BCUT2D eigenvalue weighted by atomic mass is 16.5. The van der Waals surface area contributed by atoms with Crippen LogP contribution >= 0.6 is 0 Å². The number of rotatable bonds is 3. The molecule has 66 valence electrons. The molecule has 5 nitrogen and oxygen atoms in total. The van der Waals surface area contributed by atoms with E-state index in [0.717, 1.165) is 5.69 Å². The van der Waals surface area contributed by atoms with Crippen LogP contribution in [0.1, 0.15) is 11.5 Å². The predicted octanol–water partition coefficient (Wildman–Crippen LogP) is 0.217. The number of anilines is 1. The molecule has 0 fully saturated rings. The van der Waals surface area contributed by atoms with Crippen LogP contribution in [0, 0.1) is 6.92 Å². The Morgan fingerprint density at radius 2 is 2.33 bits per heavy atom. The minimum absolute atomic E-state index is 0.399. The molecule has 0 radical (unpaired) electrons. The molecule has 1 aromatic rings. The Hall–Kier alpha value is -1.20. The van der Waals surface area contributed by atoms with Crippen molar-refractivity contribution in [2.24, 2.45) is 5.84 Å². The Bertz CT molecular complexity index is 264. The molecule has 0 amide bonds. The summed E-state index contributed by atoms with van der Waals surface area (Å²) >= 11 is 0. The first-order chi connectivity index (χ1) is 5.76. The Kier molecular flexibility index (Phi) is 2.95. The van der Waals surface area contributed by atoms with E-state index in [-0.39, 0.29) is 0 Å². The first kappa shape index (κ1) is 8.89. The Balaban J connectivity index is 2.90. The topological polar surface area (TPSA) is 73.1 Å². The van der Waals surface area contributed by atoms with Crippen LogP contribution in [-0.2, 0) is 11.3 Å². The number of hydrogen-bond acceptors (Lipinski definition) is 5. The summed E-state index contributed by atoms with van der Waals surface area (Å²) in [7, 11) is 1.60. The van der Waals surface area contributed by atoms with E-state index in [9.17, 15) is 0 Å². The third-order valence-corrected chi connectivity index (χ3v) is 1.32. The largest absolute Gasteiger partial charge is 0.377 e. The fourth-order valence-corrected chi connectivity index (χ4v) is 0.898. The van der Waals surface area contributed by atoms with E-state index in [2.05, 4.69) is 15.4 Å². The van der Waals surface area contributed by atoms with Crippen molar-refractivity contribution in [2.45, 2.75) is 13.5 Å². The van der Waals surface area contributed by atoms with Crippen LogP contribution < -0.4 is 11.3 Å². The van der Waals surface area contributed by atoms with Crippen molar-refractivity contribution < 1.29 is 4.74 Å². The molecule has 0 aromatic carbocycles. The number of nitrogens with one attached hydrogen (secondary N) is 1. The molecule has 5 heteroatoms. The summed E-state index contributed by atoms with van der Waals surface area (Å²) in [6.07, 6.45) is 0. The van der Waals surface area contributed by atoms with Gasteiger partial charge in [0, 0.05) is 18.9 Å². The van der Waals surface area contributed by atoms with E-state index >= 15 is 0 Å². The third-order valence-electron chi connectivity index (χ3n) is 1.32. The summed E-state index contributed by atoms with van der Waals surface area (Å²) < 4.78 is 4.89. The number of aryl methyl sites for hydroxylation is 1. The van der Waals surface area contributed by atoms with Gasteiger partial charge in [0.05, 0.1) is 0 Å². The van der Waals surface area contributed by atoms with Gasteiger partial charge in [0.2, 0.25) is 0 Å². The zero-order valence-corrected chi connectivity index (χ0v) is 7.16. The van der Waals surface area contributed by atoms with E-state index in [4.69, 9.17) is 10.6 Å². The van der Waals surface area contributed by atoms with Gasteiger partial charge >= 0.3 is 0 Å². The number of aromatic nitrogens is 2. The molecule has 3 N–H and O–H groups in total. The monoisotopic (exact) mass is 168 g/mol. The molecule has 1 aromatic heterocycles. The second kappa shape index (κ2) is 3.99. The maximum absolute atomic E-state index is 5.20. The molecule has 0 bridgehead atoms. The van der Waals surface area contributed by atoms with Gasteiger partial charge in [0.15, 0.2) is 5.82 Å². The lowest BCUT2D eigenvalue weighted by molar-refractivity contribution is 0.177. The molecule has 1 rings (SSSR count). The zero-order valence-electron chi connectivity index (χ0n) is 7.16.